The van der Waals surface area contributed by atoms with Crippen molar-refractivity contribution in [2.45, 2.75) is 36.3 Å². The number of nitrogens with zero attached hydrogens (tertiary/aromatic N) is 1. The average Bonchev–Trinajstić information content (AvgIpc) is 3.21. The summed E-state index contributed by atoms with van der Waals surface area (Å²) in [6.07, 6.45) is 3.38. The fourth-order valence-corrected chi connectivity index (χ4v) is 6.29. The molecule has 2 saturated heterocycles. The molecule has 3 N–H and O–H groups in total. The van der Waals surface area contributed by atoms with Gasteiger partial charge in [-0.05, 0) is 37.0 Å². The normalized spacial score (nSPS) is 20.2. The number of nitrogens with two attached hydrogens (primary N) is 1. The zero-order valence-corrected chi connectivity index (χ0v) is 17.8. The number of hydrogen-bond donors (Lipinski definition) is 2. The van der Waals surface area contributed by atoms with Crippen molar-refractivity contribution in [3.05, 3.63) is 35.4 Å². The Kier molecular flexibility index (Phi) is 9.29. The Morgan fingerprint density at radius 3 is 2.52 bits per heavy atom. The molecule has 2 aliphatic rings. The van der Waals surface area contributed by atoms with E-state index < -0.39 is 0 Å². The third-order valence-electron chi connectivity index (χ3n) is 4.85. The lowest BCUT2D eigenvalue weighted by atomic mass is 10.00. The van der Waals surface area contributed by atoms with Crippen molar-refractivity contribution < 1.29 is 9.59 Å². The van der Waals surface area contributed by atoms with E-state index in [1.54, 1.807) is 0 Å². The molecule has 8 heteroatoms. The van der Waals surface area contributed by atoms with Crippen LogP contribution in [0.1, 0.15) is 46.2 Å². The van der Waals surface area contributed by atoms with E-state index >= 15 is 0 Å². The maximum atomic E-state index is 13.0. The van der Waals surface area contributed by atoms with Gasteiger partial charge in [0.25, 0.3) is 5.91 Å². The number of hydrogen-bond acceptors (Lipinski definition) is 5. The summed E-state index contributed by atoms with van der Waals surface area (Å²) in [4.78, 5) is 26.6. The fourth-order valence-electron chi connectivity index (χ4n) is 3.43. The van der Waals surface area contributed by atoms with Crippen LogP contribution in [0.4, 0.5) is 0 Å². The highest BCUT2D eigenvalue weighted by atomic mass is 35.5. The van der Waals surface area contributed by atoms with Gasteiger partial charge in [-0.15, -0.1) is 35.9 Å². The van der Waals surface area contributed by atoms with Crippen LogP contribution in [0.5, 0.6) is 0 Å². The molecule has 3 rings (SSSR count). The highest BCUT2D eigenvalue weighted by molar-refractivity contribution is 8.19. The Balaban J connectivity index is 0.00000261. The Morgan fingerprint density at radius 1 is 1.15 bits per heavy atom. The standard InChI is InChI=1S/C19H27N3O2S2.ClH/c20-9-8-17(23)21-13-16-3-1-2-10-22(16)18(24)14-4-6-15(7-5-14)19-25-11-12-26-19;/h4-7,16,19H,1-3,8-13,20H2,(H,21,23);1H. The molecule has 2 amide bonds. The molecule has 1 atom stereocenters. The Morgan fingerprint density at radius 2 is 1.85 bits per heavy atom. The van der Waals surface area contributed by atoms with Gasteiger partial charge in [-0.3, -0.25) is 9.59 Å². The van der Waals surface area contributed by atoms with Gasteiger partial charge in [0.05, 0.1) is 4.58 Å². The zero-order valence-electron chi connectivity index (χ0n) is 15.4. The molecule has 5 nitrogen and oxygen atoms in total. The molecule has 1 aromatic rings. The fraction of sp³-hybridized carbons (Fsp3) is 0.579. The highest BCUT2D eigenvalue weighted by Crippen LogP contribution is 2.45. The second kappa shape index (κ2) is 11.2. The topological polar surface area (TPSA) is 75.4 Å². The second-order valence-electron chi connectivity index (χ2n) is 6.69. The van der Waals surface area contributed by atoms with Crippen molar-refractivity contribution in [2.75, 3.05) is 31.1 Å². The minimum absolute atomic E-state index is 0. The van der Waals surface area contributed by atoms with Crippen LogP contribution in [0, 0.1) is 0 Å². The summed E-state index contributed by atoms with van der Waals surface area (Å²) >= 11 is 3.94. The van der Waals surface area contributed by atoms with Gasteiger partial charge < -0.3 is 16.0 Å². The quantitative estimate of drug-likeness (QED) is 0.726. The third kappa shape index (κ3) is 6.04. The summed E-state index contributed by atoms with van der Waals surface area (Å²) in [7, 11) is 0. The van der Waals surface area contributed by atoms with Gasteiger partial charge in [-0.25, -0.2) is 0 Å². The average molecular weight is 430 g/mol. The molecule has 0 bridgehead atoms. The van der Waals surface area contributed by atoms with Crippen molar-refractivity contribution in [2.24, 2.45) is 5.73 Å². The van der Waals surface area contributed by atoms with Crippen LogP contribution in [0.2, 0.25) is 0 Å². The van der Waals surface area contributed by atoms with E-state index in [2.05, 4.69) is 17.4 Å². The van der Waals surface area contributed by atoms with Gasteiger partial charge >= 0.3 is 0 Å². The lowest BCUT2D eigenvalue weighted by Gasteiger charge is -2.36. The lowest BCUT2D eigenvalue weighted by molar-refractivity contribution is -0.121. The van der Waals surface area contributed by atoms with Gasteiger partial charge in [0.2, 0.25) is 5.91 Å². The molecule has 0 saturated carbocycles. The number of amides is 2. The van der Waals surface area contributed by atoms with Crippen molar-refractivity contribution in [1.82, 2.24) is 10.2 Å². The predicted molar refractivity (Wildman–Crippen MR) is 117 cm³/mol. The van der Waals surface area contributed by atoms with Crippen molar-refractivity contribution in [3.8, 4) is 0 Å². The predicted octanol–water partition coefficient (Wildman–Crippen LogP) is 3.05. The molecule has 1 unspecified atom stereocenters. The van der Waals surface area contributed by atoms with Crippen LogP contribution in [0.25, 0.3) is 0 Å². The minimum atomic E-state index is -0.0404. The summed E-state index contributed by atoms with van der Waals surface area (Å²) in [6, 6.07) is 8.15. The Bertz CT molecular complexity index is 624. The lowest BCUT2D eigenvalue weighted by Crippen LogP contribution is -2.49. The molecule has 2 heterocycles. The molecular weight excluding hydrogens is 402 g/mol. The van der Waals surface area contributed by atoms with E-state index in [0.717, 1.165) is 31.4 Å². The Labute approximate surface area is 176 Å². The van der Waals surface area contributed by atoms with E-state index in [1.807, 2.05) is 40.6 Å². The van der Waals surface area contributed by atoms with E-state index in [0.29, 0.717) is 24.1 Å². The minimum Gasteiger partial charge on any atom is -0.354 e. The summed E-state index contributed by atoms with van der Waals surface area (Å²) in [5.74, 6) is 2.42. The SMILES string of the molecule is Cl.NCCC(=O)NCC1CCCCN1C(=O)c1ccc(C2SCCS2)cc1. The Hall–Kier alpha value is -0.890. The van der Waals surface area contributed by atoms with Crippen LogP contribution in [-0.2, 0) is 4.79 Å². The van der Waals surface area contributed by atoms with E-state index in [4.69, 9.17) is 5.73 Å². The highest BCUT2D eigenvalue weighted by Gasteiger charge is 2.28. The largest absolute Gasteiger partial charge is 0.354 e. The number of benzene rings is 1. The van der Waals surface area contributed by atoms with Crippen LogP contribution in [0.3, 0.4) is 0 Å². The van der Waals surface area contributed by atoms with Crippen molar-refractivity contribution >= 4 is 47.7 Å². The van der Waals surface area contributed by atoms with E-state index in [9.17, 15) is 9.59 Å². The number of carbonyl (C=O) groups excluding carboxylic acids is 2. The number of nitrogens with one attached hydrogen (secondary N) is 1. The summed E-state index contributed by atoms with van der Waals surface area (Å²) in [5.41, 5.74) is 7.45. The third-order valence-corrected chi connectivity index (χ3v) is 7.95. The molecule has 1 aromatic carbocycles. The molecule has 0 aromatic heterocycles. The van der Waals surface area contributed by atoms with Crippen LogP contribution < -0.4 is 11.1 Å². The first kappa shape index (κ1) is 22.4. The zero-order chi connectivity index (χ0) is 18.4. The van der Waals surface area contributed by atoms with E-state index in [1.165, 1.54) is 17.1 Å². The summed E-state index contributed by atoms with van der Waals surface area (Å²) < 4.78 is 0.500. The second-order valence-corrected chi connectivity index (χ2v) is 9.41. The van der Waals surface area contributed by atoms with Crippen molar-refractivity contribution in [1.29, 1.82) is 0 Å². The molecule has 0 aliphatic carbocycles. The molecule has 0 radical (unpaired) electrons. The molecule has 0 spiro atoms. The van der Waals surface area contributed by atoms with Gasteiger partial charge in [0, 0.05) is 49.2 Å². The van der Waals surface area contributed by atoms with Gasteiger partial charge in [0.15, 0.2) is 0 Å². The smallest absolute Gasteiger partial charge is 0.254 e. The first-order valence-electron chi connectivity index (χ1n) is 9.30. The summed E-state index contributed by atoms with van der Waals surface area (Å²) in [6.45, 7) is 1.62. The van der Waals surface area contributed by atoms with E-state index in [-0.39, 0.29) is 30.3 Å². The van der Waals surface area contributed by atoms with Gasteiger partial charge in [-0.2, -0.15) is 0 Å². The number of likely N-dealkylation sites (tertiary alicyclic amines) is 1. The maximum Gasteiger partial charge on any atom is 0.254 e. The number of piperidine rings is 1. The molecule has 2 aliphatic heterocycles. The maximum absolute atomic E-state index is 13.0. The first-order valence-corrected chi connectivity index (χ1v) is 11.4. The van der Waals surface area contributed by atoms with Crippen LogP contribution in [0.15, 0.2) is 24.3 Å². The molecule has 150 valence electrons. The number of carbonyl (C=O) groups is 2. The number of rotatable bonds is 6. The van der Waals surface area contributed by atoms with Gasteiger partial charge in [0.1, 0.15) is 0 Å². The number of halogens is 1. The summed E-state index contributed by atoms with van der Waals surface area (Å²) in [5, 5.41) is 2.92. The molecular formula is C19H28ClN3O2S2. The van der Waals surface area contributed by atoms with Crippen LogP contribution >= 0.6 is 35.9 Å². The first-order chi connectivity index (χ1) is 12.7. The number of thioether (sulfide) groups is 2. The van der Waals surface area contributed by atoms with Crippen molar-refractivity contribution in [3.63, 3.8) is 0 Å². The monoisotopic (exact) mass is 429 g/mol. The molecule has 2 fully saturated rings. The van der Waals surface area contributed by atoms with Gasteiger partial charge in [-0.1, -0.05) is 12.1 Å². The van der Waals surface area contributed by atoms with Crippen LogP contribution in [-0.4, -0.2) is 53.9 Å². The molecule has 27 heavy (non-hydrogen) atoms.